The zero-order chi connectivity index (χ0) is 7.23. The predicted octanol–water partition coefficient (Wildman–Crippen LogP) is 2.01. The van der Waals surface area contributed by atoms with Gasteiger partial charge in [0.2, 0.25) is 0 Å². The standard InChI is InChI=1S/C5H7ClN2S2/c6-1-2-9-3-5-4-10-8-7-5/h4H,1-3H2. The van der Waals surface area contributed by atoms with E-state index in [2.05, 4.69) is 9.59 Å². The lowest BCUT2D eigenvalue weighted by Gasteiger charge is -1.91. The summed E-state index contributed by atoms with van der Waals surface area (Å²) in [6.45, 7) is 0. The first-order valence-electron chi connectivity index (χ1n) is 2.83. The first kappa shape index (κ1) is 8.30. The van der Waals surface area contributed by atoms with Gasteiger partial charge in [-0.3, -0.25) is 0 Å². The normalized spacial score (nSPS) is 10.1. The number of alkyl halides is 1. The first-order chi connectivity index (χ1) is 4.93. The van der Waals surface area contributed by atoms with Gasteiger partial charge < -0.3 is 0 Å². The topological polar surface area (TPSA) is 25.8 Å². The maximum Gasteiger partial charge on any atom is 0.0854 e. The van der Waals surface area contributed by atoms with Crippen LogP contribution in [-0.4, -0.2) is 21.2 Å². The van der Waals surface area contributed by atoms with Gasteiger partial charge in [0.05, 0.1) is 5.69 Å². The van der Waals surface area contributed by atoms with Crippen LogP contribution in [0.1, 0.15) is 5.69 Å². The molecule has 0 atom stereocenters. The van der Waals surface area contributed by atoms with Crippen LogP contribution in [0.3, 0.4) is 0 Å². The third-order valence-corrected chi connectivity index (χ3v) is 2.84. The number of nitrogens with zero attached hydrogens (tertiary/aromatic N) is 2. The van der Waals surface area contributed by atoms with Crippen LogP contribution in [0.5, 0.6) is 0 Å². The molecule has 5 heteroatoms. The molecule has 0 saturated heterocycles. The molecule has 0 N–H and O–H groups in total. The summed E-state index contributed by atoms with van der Waals surface area (Å²) in [7, 11) is 0. The van der Waals surface area contributed by atoms with Gasteiger partial charge in [0, 0.05) is 22.8 Å². The zero-order valence-corrected chi connectivity index (χ0v) is 7.68. The van der Waals surface area contributed by atoms with Crippen LogP contribution in [0.4, 0.5) is 0 Å². The fourth-order valence-electron chi connectivity index (χ4n) is 0.478. The van der Waals surface area contributed by atoms with Crippen molar-refractivity contribution in [2.24, 2.45) is 0 Å². The summed E-state index contributed by atoms with van der Waals surface area (Å²) in [6, 6.07) is 0. The molecule has 0 aromatic carbocycles. The van der Waals surface area contributed by atoms with Gasteiger partial charge >= 0.3 is 0 Å². The predicted molar refractivity (Wildman–Crippen MR) is 46.8 cm³/mol. The van der Waals surface area contributed by atoms with Crippen molar-refractivity contribution in [2.75, 3.05) is 11.6 Å². The second kappa shape index (κ2) is 4.93. The van der Waals surface area contributed by atoms with Crippen molar-refractivity contribution in [1.29, 1.82) is 0 Å². The molecule has 0 amide bonds. The molecular weight excluding hydrogens is 188 g/mol. The van der Waals surface area contributed by atoms with Gasteiger partial charge in [-0.05, 0) is 11.5 Å². The fourth-order valence-corrected chi connectivity index (χ4v) is 1.97. The van der Waals surface area contributed by atoms with Crippen LogP contribution in [0.2, 0.25) is 0 Å². The molecule has 0 radical (unpaired) electrons. The van der Waals surface area contributed by atoms with Gasteiger partial charge in [-0.15, -0.1) is 16.7 Å². The second-order valence-electron chi connectivity index (χ2n) is 1.64. The van der Waals surface area contributed by atoms with Crippen LogP contribution >= 0.6 is 34.9 Å². The SMILES string of the molecule is ClCCSCc1csnn1. The van der Waals surface area contributed by atoms with E-state index in [-0.39, 0.29) is 0 Å². The van der Waals surface area contributed by atoms with E-state index in [0.29, 0.717) is 5.88 Å². The number of halogens is 1. The number of thioether (sulfide) groups is 1. The molecule has 10 heavy (non-hydrogen) atoms. The number of hydrogen-bond acceptors (Lipinski definition) is 4. The Morgan fingerprint density at radius 2 is 2.60 bits per heavy atom. The van der Waals surface area contributed by atoms with Gasteiger partial charge in [0.25, 0.3) is 0 Å². The van der Waals surface area contributed by atoms with Crippen molar-refractivity contribution >= 4 is 34.9 Å². The average Bonchev–Trinajstić information content (AvgIpc) is 2.41. The Kier molecular flexibility index (Phi) is 4.09. The molecule has 0 bridgehead atoms. The monoisotopic (exact) mass is 194 g/mol. The molecule has 1 rings (SSSR count). The average molecular weight is 195 g/mol. The van der Waals surface area contributed by atoms with E-state index in [0.717, 1.165) is 17.2 Å². The molecule has 2 nitrogen and oxygen atoms in total. The largest absolute Gasteiger partial charge is 0.154 e. The van der Waals surface area contributed by atoms with Crippen molar-refractivity contribution in [2.45, 2.75) is 5.75 Å². The highest BCUT2D eigenvalue weighted by Gasteiger charge is 1.94. The molecule has 0 spiro atoms. The van der Waals surface area contributed by atoms with Crippen LogP contribution in [0.15, 0.2) is 5.38 Å². The lowest BCUT2D eigenvalue weighted by atomic mass is 10.6. The summed E-state index contributed by atoms with van der Waals surface area (Å²) in [5.41, 5.74) is 1.06. The molecule has 0 unspecified atom stereocenters. The first-order valence-corrected chi connectivity index (χ1v) is 5.35. The number of rotatable bonds is 4. The van der Waals surface area contributed by atoms with Crippen molar-refractivity contribution in [3.63, 3.8) is 0 Å². The molecule has 0 fully saturated rings. The zero-order valence-electron chi connectivity index (χ0n) is 5.29. The third kappa shape index (κ3) is 2.86. The van der Waals surface area contributed by atoms with E-state index < -0.39 is 0 Å². The molecule has 56 valence electrons. The Bertz CT molecular complexity index is 166. The van der Waals surface area contributed by atoms with Gasteiger partial charge in [-0.25, -0.2) is 0 Å². The lowest BCUT2D eigenvalue weighted by Crippen LogP contribution is -1.83. The summed E-state index contributed by atoms with van der Waals surface area (Å²) in [4.78, 5) is 0. The maximum atomic E-state index is 5.49. The van der Waals surface area contributed by atoms with Crippen molar-refractivity contribution in [1.82, 2.24) is 9.59 Å². The second-order valence-corrected chi connectivity index (χ2v) is 3.73. The molecule has 1 aromatic heterocycles. The van der Waals surface area contributed by atoms with Gasteiger partial charge in [0.1, 0.15) is 0 Å². The van der Waals surface area contributed by atoms with Crippen LogP contribution < -0.4 is 0 Å². The van der Waals surface area contributed by atoms with Gasteiger partial charge in [-0.1, -0.05) is 4.49 Å². The van der Waals surface area contributed by atoms with E-state index >= 15 is 0 Å². The summed E-state index contributed by atoms with van der Waals surface area (Å²) in [6.07, 6.45) is 0. The van der Waals surface area contributed by atoms with Crippen molar-refractivity contribution in [3.05, 3.63) is 11.1 Å². The highest BCUT2D eigenvalue weighted by Crippen LogP contribution is 2.10. The Hall–Kier alpha value is 0.200. The smallest absolute Gasteiger partial charge is 0.0854 e. The van der Waals surface area contributed by atoms with E-state index in [9.17, 15) is 0 Å². The molecule has 0 aliphatic heterocycles. The Morgan fingerprint density at radius 1 is 1.70 bits per heavy atom. The minimum Gasteiger partial charge on any atom is -0.154 e. The quantitative estimate of drug-likeness (QED) is 0.542. The van der Waals surface area contributed by atoms with E-state index in [1.54, 1.807) is 11.8 Å². The summed E-state index contributed by atoms with van der Waals surface area (Å²) < 4.78 is 3.75. The van der Waals surface area contributed by atoms with E-state index in [1.165, 1.54) is 11.5 Å². The summed E-state index contributed by atoms with van der Waals surface area (Å²) in [5, 5.41) is 5.85. The van der Waals surface area contributed by atoms with E-state index in [4.69, 9.17) is 11.6 Å². The lowest BCUT2D eigenvalue weighted by molar-refractivity contribution is 1.07. The number of hydrogen-bond donors (Lipinski definition) is 0. The summed E-state index contributed by atoms with van der Waals surface area (Å²) in [5.74, 6) is 2.63. The Morgan fingerprint density at radius 3 is 3.20 bits per heavy atom. The molecular formula is C5H7ClN2S2. The molecule has 1 aromatic rings. The highest BCUT2D eigenvalue weighted by atomic mass is 35.5. The molecule has 0 aliphatic carbocycles. The van der Waals surface area contributed by atoms with E-state index in [1.807, 2.05) is 5.38 Å². The Balaban J connectivity index is 2.15. The van der Waals surface area contributed by atoms with Gasteiger partial charge in [0.15, 0.2) is 0 Å². The van der Waals surface area contributed by atoms with Crippen molar-refractivity contribution < 1.29 is 0 Å². The molecule has 0 aliphatic rings. The molecule has 1 heterocycles. The molecule has 0 saturated carbocycles. The van der Waals surface area contributed by atoms with Crippen LogP contribution in [0, 0.1) is 0 Å². The summed E-state index contributed by atoms with van der Waals surface area (Å²) >= 11 is 8.66. The van der Waals surface area contributed by atoms with Crippen LogP contribution in [-0.2, 0) is 5.75 Å². The minimum atomic E-state index is 0.711. The highest BCUT2D eigenvalue weighted by molar-refractivity contribution is 7.98. The minimum absolute atomic E-state index is 0.711. The Labute approximate surface area is 73.1 Å². The van der Waals surface area contributed by atoms with Crippen molar-refractivity contribution in [3.8, 4) is 0 Å². The maximum absolute atomic E-state index is 5.49. The fraction of sp³-hybridized carbons (Fsp3) is 0.600. The third-order valence-electron chi connectivity index (χ3n) is 0.877. The van der Waals surface area contributed by atoms with Gasteiger partial charge in [-0.2, -0.15) is 11.8 Å². The number of aromatic nitrogens is 2. The van der Waals surface area contributed by atoms with Crippen LogP contribution in [0.25, 0.3) is 0 Å².